The van der Waals surface area contributed by atoms with Gasteiger partial charge in [0, 0.05) is 24.7 Å². The number of nitrogens with zero attached hydrogens (tertiary/aromatic N) is 2. The van der Waals surface area contributed by atoms with Crippen LogP contribution in [0.3, 0.4) is 0 Å². The minimum absolute atomic E-state index is 0. The number of rotatable bonds is 5. The van der Waals surface area contributed by atoms with Gasteiger partial charge < -0.3 is 20.1 Å². The van der Waals surface area contributed by atoms with Crippen molar-refractivity contribution in [3.8, 4) is 11.5 Å². The number of guanidine groups is 1. The molecule has 142 valence electrons. The normalized spacial score (nSPS) is 13.1. The molecule has 0 atom stereocenters. The molecule has 1 aromatic carbocycles. The van der Waals surface area contributed by atoms with Crippen LogP contribution in [-0.2, 0) is 19.5 Å². The van der Waals surface area contributed by atoms with Gasteiger partial charge >= 0.3 is 0 Å². The summed E-state index contributed by atoms with van der Waals surface area (Å²) in [5, 5.41) is 8.15. The Morgan fingerprint density at radius 1 is 1.27 bits per heavy atom. The molecule has 0 radical (unpaired) electrons. The van der Waals surface area contributed by atoms with Crippen molar-refractivity contribution >= 4 is 52.9 Å². The van der Waals surface area contributed by atoms with Crippen molar-refractivity contribution in [3.05, 3.63) is 38.8 Å². The highest BCUT2D eigenvalue weighted by Gasteiger charge is 2.16. The second-order valence-electron chi connectivity index (χ2n) is 5.46. The molecule has 1 aliphatic heterocycles. The standard InChI is InChI=1S/C17H21ClN4O2S.HI/c1-3-12-9-20-15(25-12)10-22-17(19-2)21-8-11-6-13(18)16-14(7-11)23-4-5-24-16;/h6-7,9H,3-5,8,10H2,1-2H3,(H2,19,21,22);1H. The molecular formula is C17H22ClIN4O2S. The topological polar surface area (TPSA) is 67.8 Å². The van der Waals surface area contributed by atoms with Crippen LogP contribution in [0, 0.1) is 0 Å². The average molecular weight is 509 g/mol. The van der Waals surface area contributed by atoms with Gasteiger partial charge in [-0.2, -0.15) is 0 Å². The van der Waals surface area contributed by atoms with Crippen LogP contribution in [-0.4, -0.2) is 31.2 Å². The second kappa shape index (κ2) is 10.2. The van der Waals surface area contributed by atoms with E-state index in [1.165, 1.54) is 4.88 Å². The molecule has 0 amide bonds. The minimum Gasteiger partial charge on any atom is -0.486 e. The molecule has 0 fully saturated rings. The summed E-state index contributed by atoms with van der Waals surface area (Å²) in [7, 11) is 1.74. The molecule has 1 aliphatic rings. The van der Waals surface area contributed by atoms with Crippen LogP contribution in [0.2, 0.25) is 5.02 Å². The molecule has 0 unspecified atom stereocenters. The van der Waals surface area contributed by atoms with Crippen LogP contribution in [0.4, 0.5) is 0 Å². The Morgan fingerprint density at radius 3 is 2.77 bits per heavy atom. The third-order valence-electron chi connectivity index (χ3n) is 3.70. The number of benzene rings is 1. The largest absolute Gasteiger partial charge is 0.486 e. The number of hydrogen-bond donors (Lipinski definition) is 2. The van der Waals surface area contributed by atoms with E-state index in [0.29, 0.717) is 48.8 Å². The van der Waals surface area contributed by atoms with Crippen molar-refractivity contribution in [1.82, 2.24) is 15.6 Å². The molecule has 0 saturated heterocycles. The van der Waals surface area contributed by atoms with Crippen LogP contribution < -0.4 is 20.1 Å². The number of hydrogen-bond acceptors (Lipinski definition) is 5. The summed E-state index contributed by atoms with van der Waals surface area (Å²) in [5.74, 6) is 2.02. The summed E-state index contributed by atoms with van der Waals surface area (Å²) >= 11 is 7.98. The Hall–Kier alpha value is -1.26. The quantitative estimate of drug-likeness (QED) is 0.367. The number of aromatic nitrogens is 1. The lowest BCUT2D eigenvalue weighted by Gasteiger charge is -2.20. The van der Waals surface area contributed by atoms with Crippen molar-refractivity contribution in [2.45, 2.75) is 26.4 Å². The van der Waals surface area contributed by atoms with E-state index in [4.69, 9.17) is 21.1 Å². The summed E-state index contributed by atoms with van der Waals surface area (Å²) in [4.78, 5) is 9.92. The van der Waals surface area contributed by atoms with Crippen LogP contribution in [0.5, 0.6) is 11.5 Å². The fourth-order valence-electron chi connectivity index (χ4n) is 2.43. The first-order valence-electron chi connectivity index (χ1n) is 8.15. The van der Waals surface area contributed by atoms with Gasteiger partial charge in [0.2, 0.25) is 0 Å². The maximum atomic E-state index is 6.27. The lowest BCUT2D eigenvalue weighted by molar-refractivity contribution is 0.171. The van der Waals surface area contributed by atoms with Gasteiger partial charge in [-0.25, -0.2) is 4.98 Å². The predicted molar refractivity (Wildman–Crippen MR) is 116 cm³/mol. The number of aliphatic imine (C=N–C) groups is 1. The Balaban J connectivity index is 0.00000243. The molecule has 0 bridgehead atoms. The van der Waals surface area contributed by atoms with Crippen LogP contribution in [0.1, 0.15) is 22.4 Å². The molecule has 0 saturated carbocycles. The first-order valence-corrected chi connectivity index (χ1v) is 9.35. The third kappa shape index (κ3) is 5.37. The second-order valence-corrected chi connectivity index (χ2v) is 7.06. The van der Waals surface area contributed by atoms with Crippen LogP contribution in [0.15, 0.2) is 23.3 Å². The maximum absolute atomic E-state index is 6.27. The molecule has 2 heterocycles. The van der Waals surface area contributed by atoms with Crippen molar-refractivity contribution in [2.24, 2.45) is 4.99 Å². The Labute approximate surface area is 179 Å². The van der Waals surface area contributed by atoms with Crippen molar-refractivity contribution in [1.29, 1.82) is 0 Å². The fourth-order valence-corrected chi connectivity index (χ4v) is 3.52. The van der Waals surface area contributed by atoms with Gasteiger partial charge in [-0.3, -0.25) is 4.99 Å². The van der Waals surface area contributed by atoms with E-state index in [-0.39, 0.29) is 24.0 Å². The van der Waals surface area contributed by atoms with E-state index in [1.807, 2.05) is 18.3 Å². The number of halogens is 2. The maximum Gasteiger partial charge on any atom is 0.191 e. The number of aryl methyl sites for hydroxylation is 1. The van der Waals surface area contributed by atoms with E-state index in [1.54, 1.807) is 18.4 Å². The summed E-state index contributed by atoms with van der Waals surface area (Å²) in [6, 6.07) is 3.82. The summed E-state index contributed by atoms with van der Waals surface area (Å²) in [6.45, 7) is 4.42. The highest BCUT2D eigenvalue weighted by molar-refractivity contribution is 14.0. The molecule has 2 N–H and O–H groups in total. The van der Waals surface area contributed by atoms with E-state index in [9.17, 15) is 0 Å². The molecule has 3 rings (SSSR count). The molecular weight excluding hydrogens is 487 g/mol. The van der Waals surface area contributed by atoms with Crippen LogP contribution >= 0.6 is 46.9 Å². The van der Waals surface area contributed by atoms with Gasteiger partial charge in [-0.15, -0.1) is 35.3 Å². The van der Waals surface area contributed by atoms with Crippen molar-refractivity contribution in [3.63, 3.8) is 0 Å². The number of ether oxygens (including phenoxy) is 2. The van der Waals surface area contributed by atoms with Crippen LogP contribution in [0.25, 0.3) is 0 Å². The predicted octanol–water partition coefficient (Wildman–Crippen LogP) is 3.61. The Bertz CT molecular complexity index is 769. The SMILES string of the molecule is CCc1cnc(CNC(=NC)NCc2cc(Cl)c3c(c2)OCCO3)s1.I. The van der Waals surface area contributed by atoms with Gasteiger partial charge in [-0.1, -0.05) is 18.5 Å². The first kappa shape index (κ1) is 21.0. The number of fused-ring (bicyclic) bond motifs is 1. The lowest BCUT2D eigenvalue weighted by atomic mass is 10.2. The number of thiazole rings is 1. The zero-order chi connectivity index (χ0) is 17.6. The minimum atomic E-state index is 0. The van der Waals surface area contributed by atoms with E-state index in [0.717, 1.165) is 17.0 Å². The molecule has 1 aromatic heterocycles. The molecule has 2 aromatic rings. The van der Waals surface area contributed by atoms with Gasteiger partial charge in [0.05, 0.1) is 11.6 Å². The van der Waals surface area contributed by atoms with E-state index < -0.39 is 0 Å². The first-order chi connectivity index (χ1) is 12.2. The van der Waals surface area contributed by atoms with Crippen molar-refractivity contribution < 1.29 is 9.47 Å². The monoisotopic (exact) mass is 508 g/mol. The molecule has 9 heteroatoms. The fraction of sp³-hybridized carbons (Fsp3) is 0.412. The molecule has 26 heavy (non-hydrogen) atoms. The van der Waals surface area contributed by atoms with E-state index in [2.05, 4.69) is 27.5 Å². The Kier molecular flexibility index (Phi) is 8.23. The molecule has 6 nitrogen and oxygen atoms in total. The molecule has 0 spiro atoms. The number of nitrogens with one attached hydrogen (secondary N) is 2. The van der Waals surface area contributed by atoms with Gasteiger partial charge in [0.25, 0.3) is 0 Å². The van der Waals surface area contributed by atoms with Gasteiger partial charge in [-0.05, 0) is 24.1 Å². The zero-order valence-electron chi connectivity index (χ0n) is 14.7. The molecule has 0 aliphatic carbocycles. The Morgan fingerprint density at radius 2 is 2.04 bits per heavy atom. The summed E-state index contributed by atoms with van der Waals surface area (Å²) in [5.41, 5.74) is 1.000. The summed E-state index contributed by atoms with van der Waals surface area (Å²) in [6.07, 6.45) is 2.94. The van der Waals surface area contributed by atoms with Crippen molar-refractivity contribution in [2.75, 3.05) is 20.3 Å². The van der Waals surface area contributed by atoms with Gasteiger partial charge in [0.15, 0.2) is 17.5 Å². The lowest BCUT2D eigenvalue weighted by Crippen LogP contribution is -2.36. The zero-order valence-corrected chi connectivity index (χ0v) is 18.6. The highest BCUT2D eigenvalue weighted by atomic mass is 127. The summed E-state index contributed by atoms with van der Waals surface area (Å²) < 4.78 is 11.1. The average Bonchev–Trinajstić information content (AvgIpc) is 3.10. The van der Waals surface area contributed by atoms with E-state index >= 15 is 0 Å². The highest BCUT2D eigenvalue weighted by Crippen LogP contribution is 2.38. The smallest absolute Gasteiger partial charge is 0.191 e. The van der Waals surface area contributed by atoms with Gasteiger partial charge in [0.1, 0.15) is 18.2 Å². The third-order valence-corrected chi connectivity index (χ3v) is 5.12.